The highest BCUT2D eigenvalue weighted by molar-refractivity contribution is 5.72. The van der Waals surface area contributed by atoms with Gasteiger partial charge >= 0.3 is 6.09 Å². The van der Waals surface area contributed by atoms with Gasteiger partial charge in [0.25, 0.3) is 0 Å². The smallest absolute Gasteiger partial charge is 0.394 e. The van der Waals surface area contributed by atoms with Gasteiger partial charge in [-0.05, 0) is 5.56 Å². The Kier molecular flexibility index (Phi) is 6.20. The van der Waals surface area contributed by atoms with Crippen LogP contribution in [-0.4, -0.2) is 39.9 Å². The Balaban J connectivity index is 1.71. The number of benzene rings is 1. The highest BCUT2D eigenvalue weighted by atomic mass is 16.6. The van der Waals surface area contributed by atoms with Gasteiger partial charge in [0.2, 0.25) is 11.8 Å². The standard InChI is InChI=1S/C19H21N5O4/c1-27-11-14-9-22-18(20)24-17(14)13-7-16(21-8-13)28-19(26)23-15(10-25)12-5-3-2-4-6-12/h2-9,15,21,25H,10-11H2,1H3,(H,23,26)(H2,20,22,24). The second-order valence-electron chi connectivity index (χ2n) is 5.97. The summed E-state index contributed by atoms with van der Waals surface area (Å²) >= 11 is 0. The highest BCUT2D eigenvalue weighted by Gasteiger charge is 2.17. The minimum atomic E-state index is -0.699. The number of H-pyrrole nitrogens is 1. The van der Waals surface area contributed by atoms with E-state index in [1.165, 1.54) is 0 Å². The molecule has 0 saturated carbocycles. The summed E-state index contributed by atoms with van der Waals surface area (Å²) in [5.74, 6) is 0.350. The molecule has 9 heteroatoms. The van der Waals surface area contributed by atoms with E-state index in [0.717, 1.165) is 11.1 Å². The van der Waals surface area contributed by atoms with E-state index >= 15 is 0 Å². The molecule has 3 rings (SSSR count). The number of hydrogen-bond acceptors (Lipinski definition) is 7. The third-order valence-corrected chi connectivity index (χ3v) is 3.99. The number of ether oxygens (including phenoxy) is 2. The first-order chi connectivity index (χ1) is 13.6. The summed E-state index contributed by atoms with van der Waals surface area (Å²) < 4.78 is 10.4. The maximum absolute atomic E-state index is 12.2. The fourth-order valence-electron chi connectivity index (χ4n) is 2.69. The maximum atomic E-state index is 12.2. The van der Waals surface area contributed by atoms with Gasteiger partial charge in [-0.25, -0.2) is 14.8 Å². The maximum Gasteiger partial charge on any atom is 0.414 e. The normalized spacial score (nSPS) is 11.8. The molecule has 28 heavy (non-hydrogen) atoms. The lowest BCUT2D eigenvalue weighted by Gasteiger charge is -2.15. The van der Waals surface area contributed by atoms with Crippen LogP contribution in [0.25, 0.3) is 11.3 Å². The molecule has 0 fully saturated rings. The lowest BCUT2D eigenvalue weighted by molar-refractivity contribution is 0.182. The minimum Gasteiger partial charge on any atom is -0.394 e. The predicted octanol–water partition coefficient (Wildman–Crippen LogP) is 2.02. The first-order valence-corrected chi connectivity index (χ1v) is 8.54. The van der Waals surface area contributed by atoms with Gasteiger partial charge in [0.05, 0.1) is 24.9 Å². The van der Waals surface area contributed by atoms with Crippen molar-refractivity contribution in [2.75, 3.05) is 19.5 Å². The van der Waals surface area contributed by atoms with Gasteiger partial charge in [-0.1, -0.05) is 30.3 Å². The van der Waals surface area contributed by atoms with Gasteiger partial charge < -0.3 is 30.6 Å². The molecule has 1 unspecified atom stereocenters. The van der Waals surface area contributed by atoms with E-state index < -0.39 is 12.1 Å². The molecule has 1 amide bonds. The largest absolute Gasteiger partial charge is 0.414 e. The van der Waals surface area contributed by atoms with Crippen molar-refractivity contribution in [1.82, 2.24) is 20.3 Å². The van der Waals surface area contributed by atoms with Crippen LogP contribution in [0.4, 0.5) is 10.7 Å². The van der Waals surface area contributed by atoms with Gasteiger partial charge in [-0.15, -0.1) is 0 Å². The highest BCUT2D eigenvalue weighted by Crippen LogP contribution is 2.26. The van der Waals surface area contributed by atoms with Crippen molar-refractivity contribution in [2.24, 2.45) is 0 Å². The van der Waals surface area contributed by atoms with Crippen molar-refractivity contribution in [1.29, 1.82) is 0 Å². The van der Waals surface area contributed by atoms with E-state index in [1.807, 2.05) is 30.3 Å². The third kappa shape index (κ3) is 4.64. The zero-order chi connectivity index (χ0) is 19.9. The number of rotatable bonds is 7. The summed E-state index contributed by atoms with van der Waals surface area (Å²) in [5.41, 5.74) is 8.45. The van der Waals surface area contributed by atoms with Gasteiger partial charge in [-0.3, -0.25) is 0 Å². The molecule has 0 aliphatic heterocycles. The van der Waals surface area contributed by atoms with Crippen molar-refractivity contribution in [2.45, 2.75) is 12.6 Å². The number of aromatic nitrogens is 3. The number of nitrogens with two attached hydrogens (primary N) is 1. The summed E-state index contributed by atoms with van der Waals surface area (Å²) in [7, 11) is 1.57. The molecule has 2 aromatic heterocycles. The molecule has 0 spiro atoms. The molecule has 9 nitrogen and oxygen atoms in total. The Hall–Kier alpha value is -3.43. The second kappa shape index (κ2) is 8.98. The van der Waals surface area contributed by atoms with Crippen LogP contribution in [0.15, 0.2) is 48.8 Å². The molecule has 0 bridgehead atoms. The Labute approximate surface area is 161 Å². The summed E-state index contributed by atoms with van der Waals surface area (Å²) in [6.45, 7) is 0.0579. The van der Waals surface area contributed by atoms with Crippen LogP contribution in [0.2, 0.25) is 0 Å². The molecule has 0 aliphatic rings. The Bertz CT molecular complexity index is 929. The molecular weight excluding hydrogens is 362 g/mol. The topological polar surface area (TPSA) is 135 Å². The first-order valence-electron chi connectivity index (χ1n) is 8.54. The average Bonchev–Trinajstić information content (AvgIpc) is 3.16. The van der Waals surface area contributed by atoms with Gasteiger partial charge in [-0.2, -0.15) is 0 Å². The van der Waals surface area contributed by atoms with Crippen molar-refractivity contribution in [3.63, 3.8) is 0 Å². The van der Waals surface area contributed by atoms with Gasteiger partial charge in [0, 0.05) is 36.7 Å². The summed E-state index contributed by atoms with van der Waals surface area (Å²) in [4.78, 5) is 23.3. The Morgan fingerprint density at radius 3 is 2.86 bits per heavy atom. The van der Waals surface area contributed by atoms with Crippen molar-refractivity contribution in [3.8, 4) is 17.1 Å². The van der Waals surface area contributed by atoms with E-state index in [1.54, 1.807) is 25.6 Å². The minimum absolute atomic E-state index is 0.130. The number of methoxy groups -OCH3 is 1. The fourth-order valence-corrected chi connectivity index (χ4v) is 2.69. The zero-order valence-electron chi connectivity index (χ0n) is 15.3. The summed E-state index contributed by atoms with van der Waals surface area (Å²) in [6, 6.07) is 10.2. The number of nitrogens with one attached hydrogen (secondary N) is 2. The Morgan fingerprint density at radius 2 is 2.14 bits per heavy atom. The quantitative estimate of drug-likeness (QED) is 0.490. The SMILES string of the molecule is COCc1cnc(N)nc1-c1c[nH]c(OC(=O)NC(CO)c2ccccc2)c1. The lowest BCUT2D eigenvalue weighted by atomic mass is 10.1. The molecular formula is C19H21N5O4. The number of nitrogen functional groups attached to an aromatic ring is 1. The molecule has 0 saturated heterocycles. The number of aliphatic hydroxyl groups excluding tert-OH is 1. The van der Waals surface area contributed by atoms with Crippen molar-refractivity contribution in [3.05, 3.63) is 59.9 Å². The predicted molar refractivity (Wildman–Crippen MR) is 102 cm³/mol. The van der Waals surface area contributed by atoms with Crippen LogP contribution >= 0.6 is 0 Å². The molecule has 1 aromatic carbocycles. The van der Waals surface area contributed by atoms with Crippen LogP contribution in [-0.2, 0) is 11.3 Å². The Morgan fingerprint density at radius 1 is 1.36 bits per heavy atom. The lowest BCUT2D eigenvalue weighted by Crippen LogP contribution is -2.33. The summed E-state index contributed by atoms with van der Waals surface area (Å²) in [6.07, 6.45) is 2.54. The number of nitrogens with zero attached hydrogens (tertiary/aromatic N) is 2. The van der Waals surface area contributed by atoms with E-state index in [9.17, 15) is 9.90 Å². The van der Waals surface area contributed by atoms with E-state index in [0.29, 0.717) is 17.9 Å². The number of carbonyl (C=O) groups is 1. The fraction of sp³-hybridized carbons (Fsp3) is 0.211. The average molecular weight is 383 g/mol. The number of carbonyl (C=O) groups excluding carboxylic acids is 1. The number of aliphatic hydroxyl groups is 1. The van der Waals surface area contributed by atoms with Crippen molar-refractivity contribution >= 4 is 12.0 Å². The monoisotopic (exact) mass is 383 g/mol. The van der Waals surface area contributed by atoms with Gasteiger partial charge in [0.15, 0.2) is 0 Å². The molecule has 2 heterocycles. The molecule has 0 radical (unpaired) electrons. The third-order valence-electron chi connectivity index (χ3n) is 3.99. The molecule has 3 aromatic rings. The van der Waals surface area contributed by atoms with Crippen LogP contribution in [0.3, 0.4) is 0 Å². The van der Waals surface area contributed by atoms with Crippen LogP contribution in [0.1, 0.15) is 17.2 Å². The van der Waals surface area contributed by atoms with E-state index in [2.05, 4.69) is 20.3 Å². The second-order valence-corrected chi connectivity index (χ2v) is 5.97. The van der Waals surface area contributed by atoms with E-state index in [4.69, 9.17) is 15.2 Å². The van der Waals surface area contributed by atoms with Crippen LogP contribution < -0.4 is 15.8 Å². The number of anilines is 1. The number of aromatic amines is 1. The summed E-state index contributed by atoms with van der Waals surface area (Å²) in [5, 5.41) is 12.2. The number of amides is 1. The van der Waals surface area contributed by atoms with Crippen LogP contribution in [0, 0.1) is 0 Å². The van der Waals surface area contributed by atoms with Gasteiger partial charge in [0.1, 0.15) is 0 Å². The zero-order valence-corrected chi connectivity index (χ0v) is 15.3. The number of hydrogen-bond donors (Lipinski definition) is 4. The molecule has 0 aliphatic carbocycles. The molecule has 5 N–H and O–H groups in total. The van der Waals surface area contributed by atoms with Crippen molar-refractivity contribution < 1.29 is 19.4 Å². The molecule has 146 valence electrons. The van der Waals surface area contributed by atoms with Crippen LogP contribution in [0.5, 0.6) is 5.88 Å². The first kappa shape index (κ1) is 19.3. The molecule has 1 atom stereocenters. The van der Waals surface area contributed by atoms with E-state index in [-0.39, 0.29) is 18.4 Å².